The fourth-order valence-electron chi connectivity index (χ4n) is 3.77. The van der Waals surface area contributed by atoms with Gasteiger partial charge in [-0.25, -0.2) is 4.79 Å². The molecule has 1 saturated heterocycles. The first-order chi connectivity index (χ1) is 16.0. The van der Waals surface area contributed by atoms with E-state index in [1.165, 1.54) is 0 Å². The van der Waals surface area contributed by atoms with E-state index in [9.17, 15) is 14.4 Å². The first-order valence-electron chi connectivity index (χ1n) is 11.1. The van der Waals surface area contributed by atoms with Crippen molar-refractivity contribution in [3.63, 3.8) is 0 Å². The Hall–Kier alpha value is -3.55. The fourth-order valence-corrected chi connectivity index (χ4v) is 3.77. The number of hydrogen-bond acceptors (Lipinski definition) is 6. The topological polar surface area (TPSA) is 94.2 Å². The summed E-state index contributed by atoms with van der Waals surface area (Å²) in [6, 6.07) is 13.9. The van der Waals surface area contributed by atoms with Crippen LogP contribution in [0, 0.1) is 5.92 Å². The van der Waals surface area contributed by atoms with Crippen LogP contribution in [0.4, 0.5) is 4.79 Å². The van der Waals surface area contributed by atoms with Crippen molar-refractivity contribution < 1.29 is 28.6 Å². The summed E-state index contributed by atoms with van der Waals surface area (Å²) in [5.74, 6) is 1.26. The minimum Gasteiger partial charge on any atom is -0.496 e. The number of carbonyl (C=O) groups is 3. The highest BCUT2D eigenvalue weighted by Gasteiger charge is 2.24. The fraction of sp³-hybridized carbons (Fsp3) is 0.400. The lowest BCUT2D eigenvalue weighted by Crippen LogP contribution is -2.42. The van der Waals surface area contributed by atoms with Gasteiger partial charge in [0.05, 0.1) is 20.1 Å². The number of para-hydroxylation sites is 1. The minimum absolute atomic E-state index is 0.0899. The smallest absolute Gasteiger partial charge is 0.496 e. The zero-order valence-corrected chi connectivity index (χ0v) is 19.0. The van der Waals surface area contributed by atoms with Gasteiger partial charge in [0.1, 0.15) is 11.5 Å². The van der Waals surface area contributed by atoms with Crippen molar-refractivity contribution >= 4 is 18.0 Å². The second-order valence-electron chi connectivity index (χ2n) is 7.83. The average Bonchev–Trinajstić information content (AvgIpc) is 2.83. The Morgan fingerprint density at radius 2 is 1.73 bits per heavy atom. The maximum atomic E-state index is 12.7. The summed E-state index contributed by atoms with van der Waals surface area (Å²) in [6.07, 6.45) is 1.22. The number of carbonyl (C=O) groups excluding carboxylic acids is 3. The van der Waals surface area contributed by atoms with Crippen LogP contribution in [0.2, 0.25) is 0 Å². The van der Waals surface area contributed by atoms with Gasteiger partial charge in [0.25, 0.3) is 5.91 Å². The van der Waals surface area contributed by atoms with Crippen molar-refractivity contribution in [2.75, 3.05) is 33.4 Å². The number of nitrogens with one attached hydrogen (secondary N) is 1. The number of benzene rings is 2. The normalized spacial score (nSPS) is 13.8. The quantitative estimate of drug-likeness (QED) is 0.485. The second kappa shape index (κ2) is 11.9. The highest BCUT2D eigenvalue weighted by molar-refractivity contribution is 5.94. The molecule has 2 aromatic carbocycles. The summed E-state index contributed by atoms with van der Waals surface area (Å²) in [4.78, 5) is 38.3. The molecule has 0 atom stereocenters. The molecule has 0 unspecified atom stereocenters. The van der Waals surface area contributed by atoms with E-state index in [0.717, 1.165) is 24.2 Å². The van der Waals surface area contributed by atoms with Crippen LogP contribution in [0.15, 0.2) is 48.5 Å². The van der Waals surface area contributed by atoms with E-state index >= 15 is 0 Å². The lowest BCUT2D eigenvalue weighted by atomic mass is 9.96. The van der Waals surface area contributed by atoms with Crippen molar-refractivity contribution in [3.8, 4) is 11.5 Å². The van der Waals surface area contributed by atoms with Crippen molar-refractivity contribution in [2.45, 2.75) is 26.2 Å². The molecule has 8 heteroatoms. The molecule has 176 valence electrons. The molecule has 1 fully saturated rings. The van der Waals surface area contributed by atoms with Gasteiger partial charge < -0.3 is 24.4 Å². The van der Waals surface area contributed by atoms with Crippen molar-refractivity contribution in [1.82, 2.24) is 10.2 Å². The zero-order valence-electron chi connectivity index (χ0n) is 19.0. The van der Waals surface area contributed by atoms with Gasteiger partial charge in [0, 0.05) is 30.8 Å². The highest BCUT2D eigenvalue weighted by atomic mass is 16.7. The van der Waals surface area contributed by atoms with E-state index in [4.69, 9.17) is 14.2 Å². The molecule has 0 spiro atoms. The molecule has 0 radical (unpaired) electrons. The molecule has 8 nitrogen and oxygen atoms in total. The Kier molecular flexibility index (Phi) is 8.69. The Morgan fingerprint density at radius 3 is 2.39 bits per heavy atom. The Morgan fingerprint density at radius 1 is 1.03 bits per heavy atom. The molecule has 0 bridgehead atoms. The minimum atomic E-state index is -0.776. The van der Waals surface area contributed by atoms with Gasteiger partial charge in [-0.2, -0.15) is 0 Å². The molecule has 2 aromatic rings. The summed E-state index contributed by atoms with van der Waals surface area (Å²) >= 11 is 0. The largest absolute Gasteiger partial charge is 0.513 e. The number of ether oxygens (including phenoxy) is 3. The van der Waals surface area contributed by atoms with E-state index in [1.807, 2.05) is 29.2 Å². The van der Waals surface area contributed by atoms with Crippen LogP contribution in [-0.4, -0.2) is 56.2 Å². The molecule has 3 rings (SSSR count). The number of rotatable bonds is 8. The van der Waals surface area contributed by atoms with E-state index in [1.54, 1.807) is 38.3 Å². The predicted molar refractivity (Wildman–Crippen MR) is 122 cm³/mol. The third-order valence-corrected chi connectivity index (χ3v) is 5.63. The average molecular weight is 455 g/mol. The molecule has 0 aromatic heterocycles. The summed E-state index contributed by atoms with van der Waals surface area (Å²) in [6.45, 7) is 3.82. The number of methoxy groups -OCH3 is 1. The van der Waals surface area contributed by atoms with Gasteiger partial charge in [0.15, 0.2) is 0 Å². The van der Waals surface area contributed by atoms with Crippen molar-refractivity contribution in [3.05, 3.63) is 59.7 Å². The second-order valence-corrected chi connectivity index (χ2v) is 7.83. The van der Waals surface area contributed by atoms with E-state index in [2.05, 4.69) is 5.32 Å². The van der Waals surface area contributed by atoms with Crippen molar-refractivity contribution in [1.29, 1.82) is 0 Å². The highest BCUT2D eigenvalue weighted by Crippen LogP contribution is 2.21. The van der Waals surface area contributed by atoms with Crippen LogP contribution in [0.25, 0.3) is 0 Å². The standard InChI is InChI=1S/C25H30N2O6/c1-3-32-25(30)33-21-10-8-19(9-11-21)24(29)26-17-18-12-14-27(15-13-18)23(28)16-20-6-4-5-7-22(20)31-2/h4-11,18H,3,12-17H2,1-2H3,(H,26,29). The summed E-state index contributed by atoms with van der Waals surface area (Å²) in [5.41, 5.74) is 1.37. The third-order valence-electron chi connectivity index (χ3n) is 5.63. The SMILES string of the molecule is CCOC(=O)Oc1ccc(C(=O)NCC2CCN(C(=O)Cc3ccccc3OC)CC2)cc1. The third kappa shape index (κ3) is 6.97. The van der Waals surface area contributed by atoms with Crippen molar-refractivity contribution in [2.24, 2.45) is 5.92 Å². The first-order valence-corrected chi connectivity index (χ1v) is 11.1. The van der Waals surface area contributed by atoms with Gasteiger partial charge in [-0.1, -0.05) is 18.2 Å². The molecule has 1 aliphatic heterocycles. The maximum absolute atomic E-state index is 12.7. The first kappa shape index (κ1) is 24.1. The van der Waals surface area contributed by atoms with Crippen LogP contribution in [-0.2, 0) is 16.0 Å². The molecular formula is C25H30N2O6. The lowest BCUT2D eigenvalue weighted by molar-refractivity contribution is -0.131. The van der Waals surface area contributed by atoms with Crippen LogP contribution < -0.4 is 14.8 Å². The summed E-state index contributed by atoms with van der Waals surface area (Å²) in [7, 11) is 1.61. The Bertz CT molecular complexity index is 952. The van der Waals surface area contributed by atoms with E-state index in [0.29, 0.717) is 43.3 Å². The van der Waals surface area contributed by atoms with Crippen LogP contribution in [0.5, 0.6) is 11.5 Å². The number of hydrogen-bond donors (Lipinski definition) is 1. The van der Waals surface area contributed by atoms with Crippen LogP contribution in [0.3, 0.4) is 0 Å². The Balaban J connectivity index is 1.41. The molecule has 0 aliphatic carbocycles. The summed E-state index contributed by atoms with van der Waals surface area (Å²) < 4.78 is 15.0. The molecule has 1 N–H and O–H groups in total. The summed E-state index contributed by atoms with van der Waals surface area (Å²) in [5, 5.41) is 2.96. The van der Waals surface area contributed by atoms with Crippen LogP contribution >= 0.6 is 0 Å². The maximum Gasteiger partial charge on any atom is 0.513 e. The van der Waals surface area contributed by atoms with E-state index < -0.39 is 6.16 Å². The van der Waals surface area contributed by atoms with Gasteiger partial charge in [-0.3, -0.25) is 9.59 Å². The van der Waals surface area contributed by atoms with Gasteiger partial charge in [-0.15, -0.1) is 0 Å². The number of likely N-dealkylation sites (tertiary alicyclic amines) is 1. The van der Waals surface area contributed by atoms with Gasteiger partial charge in [-0.05, 0) is 56.0 Å². The molecule has 1 aliphatic rings. The van der Waals surface area contributed by atoms with Gasteiger partial charge in [0.2, 0.25) is 5.91 Å². The van der Waals surface area contributed by atoms with Gasteiger partial charge >= 0.3 is 6.16 Å². The monoisotopic (exact) mass is 454 g/mol. The Labute approximate surface area is 193 Å². The molecule has 2 amide bonds. The number of piperidine rings is 1. The molecule has 1 heterocycles. The van der Waals surface area contributed by atoms with E-state index in [-0.39, 0.29) is 18.4 Å². The molecule has 33 heavy (non-hydrogen) atoms. The number of nitrogens with zero attached hydrogens (tertiary/aromatic N) is 1. The zero-order chi connectivity index (χ0) is 23.6. The van der Waals surface area contributed by atoms with Crippen LogP contribution in [0.1, 0.15) is 35.7 Å². The predicted octanol–water partition coefficient (Wildman–Crippen LogP) is 3.44. The molecule has 0 saturated carbocycles. The number of amides is 2. The molecular weight excluding hydrogens is 424 g/mol. The lowest BCUT2D eigenvalue weighted by Gasteiger charge is -2.32.